The second-order valence-corrected chi connectivity index (χ2v) is 6.38. The quantitative estimate of drug-likeness (QED) is 0.552. The van der Waals surface area contributed by atoms with Crippen molar-refractivity contribution in [1.82, 2.24) is 10.3 Å². The smallest absolute Gasteiger partial charge is 0.253 e. The number of para-hydroxylation sites is 1. The van der Waals surface area contributed by atoms with E-state index in [0.29, 0.717) is 12.1 Å². The molecule has 0 radical (unpaired) electrons. The Morgan fingerprint density at radius 3 is 2.75 bits per heavy atom. The van der Waals surface area contributed by atoms with Crippen molar-refractivity contribution in [2.24, 2.45) is 0 Å². The van der Waals surface area contributed by atoms with Gasteiger partial charge in [-0.3, -0.25) is 4.79 Å². The van der Waals surface area contributed by atoms with Crippen LogP contribution in [-0.4, -0.2) is 10.9 Å². The number of thiophene rings is 1. The molecule has 0 fully saturated rings. The third kappa shape index (κ3) is 2.72. The van der Waals surface area contributed by atoms with Crippen LogP contribution in [0.3, 0.4) is 0 Å². The van der Waals surface area contributed by atoms with Gasteiger partial charge in [-0.1, -0.05) is 42.5 Å². The number of carbonyl (C=O) groups is 1. The lowest BCUT2D eigenvalue weighted by Crippen LogP contribution is -2.22. The fourth-order valence-electron chi connectivity index (χ4n) is 2.90. The van der Waals surface area contributed by atoms with Crippen molar-refractivity contribution >= 4 is 28.1 Å². The van der Waals surface area contributed by atoms with Crippen LogP contribution in [-0.2, 0) is 6.54 Å². The first-order chi connectivity index (χ1) is 11.8. The van der Waals surface area contributed by atoms with Gasteiger partial charge in [0, 0.05) is 23.6 Å². The van der Waals surface area contributed by atoms with Crippen molar-refractivity contribution in [3.8, 4) is 11.1 Å². The number of fused-ring (bicyclic) bond motifs is 1. The Labute approximate surface area is 144 Å². The molecule has 4 heteroatoms. The Balaban J connectivity index is 1.56. The molecule has 24 heavy (non-hydrogen) atoms. The van der Waals surface area contributed by atoms with E-state index in [1.165, 1.54) is 5.56 Å². The molecule has 4 rings (SSSR count). The maximum Gasteiger partial charge on any atom is 0.253 e. The molecule has 2 aromatic heterocycles. The summed E-state index contributed by atoms with van der Waals surface area (Å²) in [5.41, 5.74) is 5.12. The van der Waals surface area contributed by atoms with Crippen LogP contribution in [0.25, 0.3) is 22.0 Å². The summed E-state index contributed by atoms with van der Waals surface area (Å²) < 4.78 is 0. The van der Waals surface area contributed by atoms with Crippen molar-refractivity contribution in [2.75, 3.05) is 0 Å². The third-order valence-electron chi connectivity index (χ3n) is 4.12. The predicted molar refractivity (Wildman–Crippen MR) is 99.2 cm³/mol. The molecule has 2 heterocycles. The van der Waals surface area contributed by atoms with Gasteiger partial charge in [-0.15, -0.1) is 0 Å². The predicted octanol–water partition coefficient (Wildman–Crippen LogP) is 4.83. The molecule has 3 nitrogen and oxygen atoms in total. The number of hydrogen-bond donors (Lipinski definition) is 2. The summed E-state index contributed by atoms with van der Waals surface area (Å²) in [7, 11) is 0. The zero-order chi connectivity index (χ0) is 16.4. The van der Waals surface area contributed by atoms with Crippen LogP contribution in [0, 0.1) is 0 Å². The molecular weight excluding hydrogens is 316 g/mol. The fourth-order valence-corrected chi connectivity index (χ4v) is 3.56. The zero-order valence-electron chi connectivity index (χ0n) is 13.0. The van der Waals surface area contributed by atoms with E-state index in [1.54, 1.807) is 17.5 Å². The first-order valence-electron chi connectivity index (χ1n) is 7.78. The number of rotatable bonds is 4. The Kier molecular flexibility index (Phi) is 3.89. The average Bonchev–Trinajstić information content (AvgIpc) is 3.29. The highest BCUT2D eigenvalue weighted by Gasteiger charge is 2.12. The van der Waals surface area contributed by atoms with Gasteiger partial charge in [-0.05, 0) is 39.6 Å². The van der Waals surface area contributed by atoms with E-state index in [4.69, 9.17) is 0 Å². The van der Waals surface area contributed by atoms with Gasteiger partial charge in [0.05, 0.1) is 5.56 Å². The SMILES string of the molecule is O=C(NCc1ccccc1-c1ccsc1)c1c[nH]c2ccccc12. The number of carbonyl (C=O) groups excluding carboxylic acids is 1. The average molecular weight is 332 g/mol. The highest BCUT2D eigenvalue weighted by Crippen LogP contribution is 2.26. The fraction of sp³-hybridized carbons (Fsp3) is 0.0500. The summed E-state index contributed by atoms with van der Waals surface area (Å²) in [6.07, 6.45) is 1.77. The number of benzene rings is 2. The largest absolute Gasteiger partial charge is 0.360 e. The van der Waals surface area contributed by atoms with Gasteiger partial charge in [0.1, 0.15) is 0 Å². The molecule has 0 aliphatic rings. The number of aromatic amines is 1. The summed E-state index contributed by atoms with van der Waals surface area (Å²) in [5.74, 6) is -0.0624. The molecule has 1 amide bonds. The highest BCUT2D eigenvalue weighted by molar-refractivity contribution is 7.08. The minimum Gasteiger partial charge on any atom is -0.360 e. The monoisotopic (exact) mass is 332 g/mol. The number of nitrogens with one attached hydrogen (secondary N) is 2. The van der Waals surface area contributed by atoms with Crippen molar-refractivity contribution in [3.05, 3.63) is 82.7 Å². The first kappa shape index (κ1) is 14.7. The summed E-state index contributed by atoms with van der Waals surface area (Å²) in [4.78, 5) is 15.7. The first-order valence-corrected chi connectivity index (χ1v) is 8.72. The Morgan fingerprint density at radius 1 is 1.04 bits per heavy atom. The maximum absolute atomic E-state index is 12.6. The lowest BCUT2D eigenvalue weighted by atomic mass is 10.0. The van der Waals surface area contributed by atoms with Crippen molar-refractivity contribution in [1.29, 1.82) is 0 Å². The summed E-state index contributed by atoms with van der Waals surface area (Å²) >= 11 is 1.68. The lowest BCUT2D eigenvalue weighted by molar-refractivity contribution is 0.0952. The summed E-state index contributed by atoms with van der Waals surface area (Å²) in [6.45, 7) is 0.504. The Bertz CT molecular complexity index is 986. The van der Waals surface area contributed by atoms with Gasteiger partial charge in [0.15, 0.2) is 0 Å². The van der Waals surface area contributed by atoms with E-state index >= 15 is 0 Å². The molecule has 2 aromatic carbocycles. The highest BCUT2D eigenvalue weighted by atomic mass is 32.1. The number of H-pyrrole nitrogens is 1. The molecule has 0 saturated carbocycles. The molecule has 0 aliphatic heterocycles. The summed E-state index contributed by atoms with van der Waals surface area (Å²) in [6, 6.07) is 18.1. The van der Waals surface area contributed by atoms with Crippen molar-refractivity contribution in [2.45, 2.75) is 6.54 Å². The van der Waals surface area contributed by atoms with Gasteiger partial charge in [0.25, 0.3) is 5.91 Å². The van der Waals surface area contributed by atoms with Crippen LogP contribution in [0.2, 0.25) is 0 Å². The van der Waals surface area contributed by atoms with Crippen LogP contribution < -0.4 is 5.32 Å². The van der Waals surface area contributed by atoms with Crippen molar-refractivity contribution in [3.63, 3.8) is 0 Å². The van der Waals surface area contributed by atoms with E-state index < -0.39 is 0 Å². The normalized spacial score (nSPS) is 10.8. The molecule has 0 atom stereocenters. The van der Waals surface area contributed by atoms with E-state index in [1.807, 2.05) is 36.4 Å². The van der Waals surface area contributed by atoms with Gasteiger partial charge < -0.3 is 10.3 Å². The van der Waals surface area contributed by atoms with Crippen LogP contribution in [0.4, 0.5) is 0 Å². The Hall–Kier alpha value is -2.85. The second-order valence-electron chi connectivity index (χ2n) is 5.60. The Morgan fingerprint density at radius 2 is 1.88 bits per heavy atom. The molecule has 118 valence electrons. The minimum atomic E-state index is -0.0624. The van der Waals surface area contributed by atoms with Gasteiger partial charge in [-0.2, -0.15) is 11.3 Å². The molecule has 0 spiro atoms. The molecule has 2 N–H and O–H groups in total. The topological polar surface area (TPSA) is 44.9 Å². The van der Waals surface area contributed by atoms with Gasteiger partial charge in [0.2, 0.25) is 0 Å². The van der Waals surface area contributed by atoms with E-state index in [0.717, 1.165) is 22.0 Å². The zero-order valence-corrected chi connectivity index (χ0v) is 13.8. The summed E-state index contributed by atoms with van der Waals surface area (Å²) in [5, 5.41) is 8.18. The molecule has 0 unspecified atom stereocenters. The van der Waals surface area contributed by atoms with Crippen LogP contribution >= 0.6 is 11.3 Å². The second kappa shape index (κ2) is 6.34. The lowest BCUT2D eigenvalue weighted by Gasteiger charge is -2.09. The third-order valence-corrected chi connectivity index (χ3v) is 4.81. The van der Waals surface area contributed by atoms with E-state index in [9.17, 15) is 4.79 Å². The minimum absolute atomic E-state index is 0.0624. The van der Waals surface area contributed by atoms with E-state index in [-0.39, 0.29) is 5.91 Å². The standard InChI is InChI=1S/C20H16N2OS/c23-20(18-12-21-19-8-4-3-7-17(18)19)22-11-14-5-1-2-6-16(14)15-9-10-24-13-15/h1-10,12-13,21H,11H2,(H,22,23). The number of aromatic nitrogens is 1. The molecule has 0 bridgehead atoms. The number of hydrogen-bond acceptors (Lipinski definition) is 2. The van der Waals surface area contributed by atoms with Crippen LogP contribution in [0.1, 0.15) is 15.9 Å². The molecule has 4 aromatic rings. The van der Waals surface area contributed by atoms with Gasteiger partial charge in [-0.25, -0.2) is 0 Å². The van der Waals surface area contributed by atoms with E-state index in [2.05, 4.69) is 39.3 Å². The molecular formula is C20H16N2OS. The molecule has 0 aliphatic carbocycles. The van der Waals surface area contributed by atoms with Crippen molar-refractivity contribution < 1.29 is 4.79 Å². The van der Waals surface area contributed by atoms with Gasteiger partial charge >= 0.3 is 0 Å². The maximum atomic E-state index is 12.6. The molecule has 0 saturated heterocycles. The number of amides is 1. The van der Waals surface area contributed by atoms with Crippen LogP contribution in [0.5, 0.6) is 0 Å². The van der Waals surface area contributed by atoms with Crippen LogP contribution in [0.15, 0.2) is 71.6 Å².